The molecule has 16 nitrogen and oxygen atoms in total. The summed E-state index contributed by atoms with van der Waals surface area (Å²) in [6, 6.07) is 7.64. The lowest BCUT2D eigenvalue weighted by atomic mass is 9.92. The number of aromatic nitrogens is 2. The summed E-state index contributed by atoms with van der Waals surface area (Å²) in [6.45, 7) is 0.236. The van der Waals surface area contributed by atoms with E-state index < -0.39 is 59.6 Å². The molecule has 2 heterocycles. The Kier molecular flexibility index (Phi) is 13.0. The minimum absolute atomic E-state index is 0.0210. The molecule has 4 atom stereocenters. The number of guanidine groups is 1. The van der Waals surface area contributed by atoms with Gasteiger partial charge in [0.15, 0.2) is 5.96 Å². The molecule has 272 valence electrons. The van der Waals surface area contributed by atoms with E-state index in [-0.39, 0.29) is 51.2 Å². The van der Waals surface area contributed by atoms with Gasteiger partial charge < -0.3 is 47.9 Å². The quantitative estimate of drug-likeness (QED) is 0.0612. The Bertz CT molecular complexity index is 1710. The highest BCUT2D eigenvalue weighted by atomic mass is 19.1. The molecule has 0 saturated heterocycles. The predicted molar refractivity (Wildman–Crippen MR) is 186 cm³/mol. The Morgan fingerprint density at radius 2 is 1.59 bits per heavy atom. The van der Waals surface area contributed by atoms with Crippen molar-refractivity contribution in [3.63, 3.8) is 0 Å². The van der Waals surface area contributed by atoms with Gasteiger partial charge in [-0.25, -0.2) is 14.2 Å². The molecule has 6 amide bonds. The topological polar surface area (TPSA) is 247 Å². The molecule has 0 unspecified atom stereocenters. The van der Waals surface area contributed by atoms with Crippen LogP contribution in [-0.2, 0) is 45.0 Å². The van der Waals surface area contributed by atoms with Gasteiger partial charge in [-0.3, -0.25) is 24.2 Å². The molecule has 0 spiro atoms. The molecule has 0 fully saturated rings. The molecule has 3 aromatic rings. The third-order valence-corrected chi connectivity index (χ3v) is 8.41. The molecular formula is C34H44FN11O5. The van der Waals surface area contributed by atoms with Gasteiger partial charge in [0.1, 0.15) is 30.0 Å². The van der Waals surface area contributed by atoms with Crippen molar-refractivity contribution in [1.29, 1.82) is 0 Å². The number of H-pyrrole nitrogens is 1. The molecule has 0 saturated carbocycles. The number of hydrogen-bond donors (Lipinski definition) is 7. The van der Waals surface area contributed by atoms with Crippen molar-refractivity contribution < 1.29 is 28.4 Å². The second-order valence-electron chi connectivity index (χ2n) is 12.4. The maximum absolute atomic E-state index is 14.2. The molecule has 0 bridgehead atoms. The highest BCUT2D eigenvalue weighted by Gasteiger charge is 2.38. The molecule has 1 aliphatic heterocycles. The van der Waals surface area contributed by atoms with Crippen LogP contribution in [0.5, 0.6) is 0 Å². The molecule has 0 aliphatic carbocycles. The van der Waals surface area contributed by atoms with Crippen LogP contribution < -0.4 is 33.2 Å². The molecule has 51 heavy (non-hydrogen) atoms. The van der Waals surface area contributed by atoms with Gasteiger partial charge in [-0.1, -0.05) is 36.4 Å². The number of nitrogens with one attached hydrogen (secondary N) is 4. The van der Waals surface area contributed by atoms with Gasteiger partial charge in [0.05, 0.1) is 6.33 Å². The fourth-order valence-electron chi connectivity index (χ4n) is 5.68. The molecule has 2 aromatic carbocycles. The molecule has 10 N–H and O–H groups in total. The summed E-state index contributed by atoms with van der Waals surface area (Å²) in [7, 11) is 3.03. The fourth-order valence-corrected chi connectivity index (χ4v) is 5.68. The number of hydrogen-bond acceptors (Lipinski definition) is 7. The van der Waals surface area contributed by atoms with Crippen LogP contribution in [0.4, 0.5) is 9.18 Å². The number of nitrogens with two attached hydrogens (primary N) is 3. The molecular weight excluding hydrogens is 661 g/mol. The molecule has 1 aromatic heterocycles. The van der Waals surface area contributed by atoms with Crippen molar-refractivity contribution in [2.45, 2.75) is 62.8 Å². The monoisotopic (exact) mass is 705 g/mol. The summed E-state index contributed by atoms with van der Waals surface area (Å²) in [6.07, 6.45) is 3.41. The van der Waals surface area contributed by atoms with Crippen LogP contribution in [0.15, 0.2) is 66.0 Å². The maximum Gasteiger partial charge on any atom is 0.317 e. The summed E-state index contributed by atoms with van der Waals surface area (Å²) in [5, 5.41) is 8.14. The van der Waals surface area contributed by atoms with E-state index in [1.54, 1.807) is 0 Å². The van der Waals surface area contributed by atoms with Crippen LogP contribution >= 0.6 is 0 Å². The lowest BCUT2D eigenvalue weighted by molar-refractivity contribution is -0.144. The standard InChI is InChI=1S/C34H44FN11O5/c1-45(2)34(51)44-27(16-24-17-39-19-41-24)31(49)43-26(14-20-9-11-23(35)12-10-20)30(48)42-25(8-5-13-40-33(37)38)32(50)46-18-22-7-4-3-6-21(22)15-28(46)29(36)47/h3-4,6-7,9-12,17,19,25-28H,5,8,13-16,18H2,1-2H3,(H2,36,47)(H,39,41)(H,42,48)(H,43,49)(H,44,51)(H4,37,38,40)/t25-,26+,27-,28-/m0/s1. The zero-order valence-electron chi connectivity index (χ0n) is 28.5. The van der Waals surface area contributed by atoms with Gasteiger partial charge >= 0.3 is 6.03 Å². The van der Waals surface area contributed by atoms with Crippen molar-refractivity contribution >= 4 is 35.6 Å². The second-order valence-corrected chi connectivity index (χ2v) is 12.4. The van der Waals surface area contributed by atoms with Crippen LogP contribution in [-0.4, -0.2) is 100 Å². The number of halogens is 1. The van der Waals surface area contributed by atoms with Crippen LogP contribution in [0.3, 0.4) is 0 Å². The van der Waals surface area contributed by atoms with E-state index in [1.807, 2.05) is 24.3 Å². The number of nitrogens with zero attached hydrogens (tertiary/aromatic N) is 4. The molecule has 17 heteroatoms. The number of urea groups is 1. The Morgan fingerprint density at radius 1 is 0.941 bits per heavy atom. The average Bonchev–Trinajstić information content (AvgIpc) is 3.62. The predicted octanol–water partition coefficient (Wildman–Crippen LogP) is -0.564. The number of carbonyl (C=O) groups excluding carboxylic acids is 5. The van der Waals surface area contributed by atoms with Gasteiger partial charge in [0, 0.05) is 58.3 Å². The zero-order chi connectivity index (χ0) is 37.1. The highest BCUT2D eigenvalue weighted by molar-refractivity contribution is 5.95. The largest absolute Gasteiger partial charge is 0.370 e. The van der Waals surface area contributed by atoms with Crippen molar-refractivity contribution in [3.05, 3.63) is 89.3 Å². The first kappa shape index (κ1) is 37.8. The Labute approximate surface area is 294 Å². The number of primary amides is 1. The summed E-state index contributed by atoms with van der Waals surface area (Å²) < 4.78 is 13.8. The second kappa shape index (κ2) is 17.6. The van der Waals surface area contributed by atoms with Crippen LogP contribution in [0, 0.1) is 5.82 Å². The number of aliphatic imine (C=N–C) groups is 1. The zero-order valence-corrected chi connectivity index (χ0v) is 28.5. The first-order valence-electron chi connectivity index (χ1n) is 16.3. The third kappa shape index (κ3) is 10.7. The first-order chi connectivity index (χ1) is 24.3. The van der Waals surface area contributed by atoms with E-state index in [4.69, 9.17) is 17.2 Å². The summed E-state index contributed by atoms with van der Waals surface area (Å²) in [5.41, 5.74) is 19.5. The van der Waals surface area contributed by atoms with Crippen LogP contribution in [0.2, 0.25) is 0 Å². The number of fused-ring (bicyclic) bond motifs is 1. The minimum Gasteiger partial charge on any atom is -0.370 e. The van der Waals surface area contributed by atoms with Gasteiger partial charge in [-0.05, 0) is 41.7 Å². The van der Waals surface area contributed by atoms with Gasteiger partial charge in [0.2, 0.25) is 23.6 Å². The van der Waals surface area contributed by atoms with E-state index in [2.05, 4.69) is 30.9 Å². The number of benzene rings is 2. The number of rotatable bonds is 15. The fraction of sp³-hybridized carbons (Fsp3) is 0.382. The van der Waals surface area contributed by atoms with Crippen LogP contribution in [0.25, 0.3) is 0 Å². The summed E-state index contributed by atoms with van der Waals surface area (Å²) in [5.74, 6) is -3.33. The van der Waals surface area contributed by atoms with Crippen molar-refractivity contribution in [2.75, 3.05) is 20.6 Å². The Morgan fingerprint density at radius 3 is 2.20 bits per heavy atom. The van der Waals surface area contributed by atoms with Gasteiger partial charge in [-0.2, -0.15) is 0 Å². The average molecular weight is 706 g/mol. The Hall–Kier alpha value is -6.00. The smallest absolute Gasteiger partial charge is 0.317 e. The van der Waals surface area contributed by atoms with E-state index in [1.165, 1.54) is 60.7 Å². The lowest BCUT2D eigenvalue weighted by Crippen LogP contribution is -2.60. The van der Waals surface area contributed by atoms with E-state index in [0.717, 1.165) is 11.1 Å². The van der Waals surface area contributed by atoms with E-state index in [0.29, 0.717) is 11.3 Å². The number of aromatic amines is 1. The first-order valence-corrected chi connectivity index (χ1v) is 16.3. The van der Waals surface area contributed by atoms with Gasteiger partial charge in [-0.15, -0.1) is 0 Å². The van der Waals surface area contributed by atoms with Crippen LogP contribution in [0.1, 0.15) is 35.2 Å². The minimum atomic E-state index is -1.29. The van der Waals surface area contributed by atoms with Crippen molar-refractivity contribution in [1.82, 2.24) is 35.7 Å². The van der Waals surface area contributed by atoms with Crippen molar-refractivity contribution in [2.24, 2.45) is 22.2 Å². The Balaban J connectivity index is 1.63. The summed E-state index contributed by atoms with van der Waals surface area (Å²) >= 11 is 0. The van der Waals surface area contributed by atoms with E-state index in [9.17, 15) is 28.4 Å². The number of carbonyl (C=O) groups is 5. The molecule has 0 radical (unpaired) electrons. The van der Waals surface area contributed by atoms with Crippen molar-refractivity contribution in [3.8, 4) is 0 Å². The highest BCUT2D eigenvalue weighted by Crippen LogP contribution is 2.24. The normalized spacial score (nSPS) is 15.4. The maximum atomic E-state index is 14.2. The van der Waals surface area contributed by atoms with Gasteiger partial charge in [0.25, 0.3) is 0 Å². The third-order valence-electron chi connectivity index (χ3n) is 8.41. The SMILES string of the molecule is CN(C)C(=O)N[C@@H](Cc1cnc[nH]1)C(=O)N[C@H](Cc1ccc(F)cc1)C(=O)N[C@@H](CCCN=C(N)N)C(=O)N1Cc2ccccc2C[C@H]1C(N)=O. The molecule has 1 aliphatic rings. The molecule has 4 rings (SSSR count). The lowest BCUT2D eigenvalue weighted by Gasteiger charge is -2.37. The number of imidazole rings is 1. The number of amides is 6. The summed E-state index contributed by atoms with van der Waals surface area (Å²) in [4.78, 5) is 80.8. The van der Waals surface area contributed by atoms with E-state index >= 15 is 0 Å².